The maximum atomic E-state index is 12.4. The van der Waals surface area contributed by atoms with Crippen LogP contribution in [0.3, 0.4) is 0 Å². The summed E-state index contributed by atoms with van der Waals surface area (Å²) < 4.78 is 46.2. The highest BCUT2D eigenvalue weighted by Crippen LogP contribution is 2.32. The van der Waals surface area contributed by atoms with Gasteiger partial charge >= 0.3 is 0 Å². The number of sulfonamides is 1. The molecule has 0 aromatic heterocycles. The maximum absolute atomic E-state index is 12.4. The summed E-state index contributed by atoms with van der Waals surface area (Å²) in [5.74, 6) is 1.24. The zero-order valence-corrected chi connectivity index (χ0v) is 18.7. The van der Waals surface area contributed by atoms with Crippen LogP contribution in [0.4, 0.5) is 5.69 Å². The summed E-state index contributed by atoms with van der Waals surface area (Å²) in [5, 5.41) is 3.88. The Morgan fingerprint density at radius 3 is 2.23 bits per heavy atom. The van der Waals surface area contributed by atoms with E-state index in [2.05, 4.69) is 10.5 Å². The van der Waals surface area contributed by atoms with E-state index < -0.39 is 22.5 Å². The first-order valence-corrected chi connectivity index (χ1v) is 10.8. The van der Waals surface area contributed by atoms with Gasteiger partial charge in [-0.15, -0.1) is 0 Å². The van der Waals surface area contributed by atoms with Crippen LogP contribution in [0.2, 0.25) is 0 Å². The number of anilines is 1. The molecule has 168 valence electrons. The fraction of sp³-hybridized carbons (Fsp3) is 0.300. The molecule has 0 saturated carbocycles. The number of amides is 1. The summed E-state index contributed by atoms with van der Waals surface area (Å²) in [6.45, 7) is -0.481. The van der Waals surface area contributed by atoms with Crippen LogP contribution in [0.1, 0.15) is 5.56 Å². The Hall–Kier alpha value is -3.47. The number of carbonyl (C=O) groups is 1. The molecule has 1 amide bonds. The average Bonchev–Trinajstić information content (AvgIpc) is 2.76. The van der Waals surface area contributed by atoms with Crippen molar-refractivity contribution >= 4 is 27.8 Å². The number of hydrogen-bond donors (Lipinski definition) is 1. The summed E-state index contributed by atoms with van der Waals surface area (Å²) in [6, 6.07) is 9.64. The molecule has 0 heterocycles. The maximum Gasteiger partial charge on any atom is 0.260 e. The van der Waals surface area contributed by atoms with Crippen LogP contribution in [0.15, 0.2) is 41.5 Å². The molecule has 0 spiro atoms. The first kappa shape index (κ1) is 23.8. The summed E-state index contributed by atoms with van der Waals surface area (Å²) >= 11 is 0. The van der Waals surface area contributed by atoms with Crippen LogP contribution < -0.4 is 28.7 Å². The smallest absolute Gasteiger partial charge is 0.260 e. The van der Waals surface area contributed by atoms with Crippen LogP contribution in [0, 0.1) is 0 Å². The lowest BCUT2D eigenvalue weighted by molar-refractivity contribution is -0.119. The van der Waals surface area contributed by atoms with Gasteiger partial charge in [0, 0.05) is 17.7 Å². The van der Waals surface area contributed by atoms with Gasteiger partial charge in [-0.25, -0.2) is 13.8 Å². The standard InChI is InChI=1S/C20H25N3O7S/c1-27-16-8-6-14(18(11-16)29-3)12-21-22-20(24)13-23(31(5,25)26)15-7-9-17(28-2)19(10-15)30-4/h6-12H,13H2,1-5H3,(H,22,24)/b21-12-. The molecule has 11 heteroatoms. The molecule has 0 aliphatic carbocycles. The molecule has 10 nitrogen and oxygen atoms in total. The summed E-state index contributed by atoms with van der Waals surface area (Å²) in [5.41, 5.74) is 3.16. The molecule has 0 aliphatic heterocycles. The van der Waals surface area contributed by atoms with Crippen molar-refractivity contribution in [2.24, 2.45) is 5.10 Å². The first-order valence-electron chi connectivity index (χ1n) is 8.97. The third kappa shape index (κ3) is 6.25. The van der Waals surface area contributed by atoms with Crippen molar-refractivity contribution in [2.75, 3.05) is 45.5 Å². The molecule has 0 saturated heterocycles. The van der Waals surface area contributed by atoms with Crippen LogP contribution >= 0.6 is 0 Å². The van der Waals surface area contributed by atoms with Crippen molar-refractivity contribution in [2.45, 2.75) is 0 Å². The Labute approximate surface area is 181 Å². The van der Waals surface area contributed by atoms with Crippen molar-refractivity contribution in [1.29, 1.82) is 0 Å². The minimum atomic E-state index is -3.76. The van der Waals surface area contributed by atoms with Crippen LogP contribution in [-0.2, 0) is 14.8 Å². The number of ether oxygens (including phenoxy) is 4. The fourth-order valence-electron chi connectivity index (χ4n) is 2.64. The summed E-state index contributed by atoms with van der Waals surface area (Å²) in [6.07, 6.45) is 2.39. The molecule has 0 radical (unpaired) electrons. The minimum Gasteiger partial charge on any atom is -0.497 e. The molecule has 0 bridgehead atoms. The summed E-state index contributed by atoms with van der Waals surface area (Å²) in [7, 11) is 2.17. The molecular weight excluding hydrogens is 426 g/mol. The third-order valence-electron chi connectivity index (χ3n) is 4.18. The Morgan fingerprint density at radius 2 is 1.65 bits per heavy atom. The Kier molecular flexibility index (Phi) is 8.08. The van der Waals surface area contributed by atoms with Crippen LogP contribution in [-0.4, -0.2) is 61.8 Å². The second-order valence-corrected chi connectivity index (χ2v) is 8.12. The van der Waals surface area contributed by atoms with Gasteiger partial charge in [0.25, 0.3) is 5.91 Å². The van der Waals surface area contributed by atoms with E-state index in [0.717, 1.165) is 10.6 Å². The lowest BCUT2D eigenvalue weighted by atomic mass is 10.2. The van der Waals surface area contributed by atoms with Gasteiger partial charge in [-0.3, -0.25) is 9.10 Å². The number of hydrogen-bond acceptors (Lipinski definition) is 8. The first-order chi connectivity index (χ1) is 14.7. The minimum absolute atomic E-state index is 0.246. The predicted octanol–water partition coefficient (Wildman–Crippen LogP) is 1.64. The molecule has 0 aliphatic rings. The molecule has 0 atom stereocenters. The molecule has 1 N–H and O–H groups in total. The van der Waals surface area contributed by atoms with Gasteiger partial charge in [0.05, 0.1) is 46.6 Å². The Morgan fingerprint density at radius 1 is 0.968 bits per heavy atom. The molecule has 0 unspecified atom stereocenters. The Bertz CT molecular complexity index is 1050. The van der Waals surface area contributed by atoms with Gasteiger partial charge in [-0.05, 0) is 24.3 Å². The third-order valence-corrected chi connectivity index (χ3v) is 5.32. The predicted molar refractivity (Wildman–Crippen MR) is 117 cm³/mol. The van der Waals surface area contributed by atoms with E-state index in [4.69, 9.17) is 18.9 Å². The number of hydrazone groups is 1. The van der Waals surface area contributed by atoms with Gasteiger partial charge in [0.2, 0.25) is 10.0 Å². The normalized spacial score (nSPS) is 11.1. The van der Waals surface area contributed by atoms with Gasteiger partial charge in [0.1, 0.15) is 18.0 Å². The van der Waals surface area contributed by atoms with E-state index >= 15 is 0 Å². The number of methoxy groups -OCH3 is 4. The van der Waals surface area contributed by atoms with E-state index in [1.54, 1.807) is 24.3 Å². The lowest BCUT2D eigenvalue weighted by Gasteiger charge is -2.22. The van der Waals surface area contributed by atoms with E-state index in [0.29, 0.717) is 28.6 Å². The zero-order chi connectivity index (χ0) is 23.0. The second kappa shape index (κ2) is 10.5. The molecule has 0 fully saturated rings. The highest BCUT2D eigenvalue weighted by atomic mass is 32.2. The van der Waals surface area contributed by atoms with Crippen LogP contribution in [0.5, 0.6) is 23.0 Å². The number of rotatable bonds is 10. The Balaban J connectivity index is 2.17. The number of benzene rings is 2. The van der Waals surface area contributed by atoms with Crippen molar-refractivity contribution in [3.05, 3.63) is 42.0 Å². The van der Waals surface area contributed by atoms with Gasteiger partial charge < -0.3 is 18.9 Å². The molecule has 2 aromatic carbocycles. The topological polar surface area (TPSA) is 116 Å². The van der Waals surface area contributed by atoms with Crippen molar-refractivity contribution < 1.29 is 32.2 Å². The summed E-state index contributed by atoms with van der Waals surface area (Å²) in [4.78, 5) is 12.4. The molecular formula is C20H25N3O7S. The van der Waals surface area contributed by atoms with Gasteiger partial charge in [-0.2, -0.15) is 5.10 Å². The zero-order valence-electron chi connectivity index (χ0n) is 17.9. The average molecular weight is 452 g/mol. The molecule has 2 aromatic rings. The largest absolute Gasteiger partial charge is 0.497 e. The quantitative estimate of drug-likeness (QED) is 0.431. The second-order valence-electron chi connectivity index (χ2n) is 6.21. The van der Waals surface area contributed by atoms with E-state index in [1.807, 2.05) is 0 Å². The lowest BCUT2D eigenvalue weighted by Crippen LogP contribution is -2.39. The number of nitrogens with one attached hydrogen (secondary N) is 1. The molecule has 2 rings (SSSR count). The van der Waals surface area contributed by atoms with Crippen molar-refractivity contribution in [3.8, 4) is 23.0 Å². The van der Waals surface area contributed by atoms with E-state index in [-0.39, 0.29) is 5.69 Å². The van der Waals surface area contributed by atoms with Gasteiger partial charge in [0.15, 0.2) is 11.5 Å². The highest BCUT2D eigenvalue weighted by Gasteiger charge is 2.22. The number of nitrogens with zero attached hydrogens (tertiary/aromatic N) is 2. The highest BCUT2D eigenvalue weighted by molar-refractivity contribution is 7.92. The van der Waals surface area contributed by atoms with E-state index in [9.17, 15) is 13.2 Å². The fourth-order valence-corrected chi connectivity index (χ4v) is 3.49. The number of carbonyl (C=O) groups excluding carboxylic acids is 1. The van der Waals surface area contributed by atoms with Crippen molar-refractivity contribution in [3.63, 3.8) is 0 Å². The monoisotopic (exact) mass is 451 g/mol. The van der Waals surface area contributed by atoms with Crippen molar-refractivity contribution in [1.82, 2.24) is 5.43 Å². The van der Waals surface area contributed by atoms with E-state index in [1.165, 1.54) is 46.8 Å². The van der Waals surface area contributed by atoms with Crippen LogP contribution in [0.25, 0.3) is 0 Å². The SMILES string of the molecule is COc1ccc(/C=N\NC(=O)CN(c2ccc(OC)c(OC)c2)S(C)(=O)=O)c(OC)c1. The molecule has 31 heavy (non-hydrogen) atoms. The van der Waals surface area contributed by atoms with Gasteiger partial charge in [-0.1, -0.05) is 0 Å².